The molecule has 2 rings (SSSR count). The zero-order valence-electron chi connectivity index (χ0n) is 8.27. The van der Waals surface area contributed by atoms with Crippen LogP contribution in [0.5, 0.6) is 0 Å². The van der Waals surface area contributed by atoms with Crippen molar-refractivity contribution in [3.8, 4) is 0 Å². The first-order chi connectivity index (χ1) is 7.25. The summed E-state index contributed by atoms with van der Waals surface area (Å²) in [5.74, 6) is 1.98. The third-order valence-electron chi connectivity index (χ3n) is 2.28. The standard InChI is InChI=1S/C10H13N3OS/c11-7-1-3-12-9(5-7)10(14)13-8-2-4-15-6-8/h1,3,5,8H,2,4,6H2,(H2,11,12)(H,13,14). The number of anilines is 1. The van der Waals surface area contributed by atoms with Gasteiger partial charge >= 0.3 is 0 Å². The van der Waals surface area contributed by atoms with E-state index in [0.29, 0.717) is 11.4 Å². The minimum absolute atomic E-state index is 0.130. The largest absolute Gasteiger partial charge is 0.399 e. The van der Waals surface area contributed by atoms with E-state index in [-0.39, 0.29) is 11.9 Å². The number of hydrogen-bond acceptors (Lipinski definition) is 4. The van der Waals surface area contributed by atoms with Crippen LogP contribution in [0.4, 0.5) is 5.69 Å². The molecule has 1 fully saturated rings. The summed E-state index contributed by atoms with van der Waals surface area (Å²) >= 11 is 1.86. The van der Waals surface area contributed by atoms with Crippen LogP contribution < -0.4 is 11.1 Å². The second-order valence-corrected chi connectivity index (χ2v) is 4.66. The Bertz CT molecular complexity index is 363. The van der Waals surface area contributed by atoms with Crippen molar-refractivity contribution in [1.82, 2.24) is 10.3 Å². The Morgan fingerprint density at radius 1 is 1.67 bits per heavy atom. The Hall–Kier alpha value is -1.23. The number of pyridine rings is 1. The summed E-state index contributed by atoms with van der Waals surface area (Å²) in [4.78, 5) is 15.7. The second-order valence-electron chi connectivity index (χ2n) is 3.51. The van der Waals surface area contributed by atoms with Gasteiger partial charge in [0.05, 0.1) is 0 Å². The Morgan fingerprint density at radius 3 is 3.20 bits per heavy atom. The van der Waals surface area contributed by atoms with Crippen molar-refractivity contribution in [3.63, 3.8) is 0 Å². The molecule has 3 N–H and O–H groups in total. The average Bonchev–Trinajstić information content (AvgIpc) is 2.70. The topological polar surface area (TPSA) is 68.0 Å². The molecule has 1 saturated heterocycles. The first kappa shape index (κ1) is 10.3. The molecule has 5 heteroatoms. The highest BCUT2D eigenvalue weighted by Gasteiger charge is 2.18. The van der Waals surface area contributed by atoms with Gasteiger partial charge in [0.25, 0.3) is 5.91 Å². The van der Waals surface area contributed by atoms with Gasteiger partial charge in [-0.1, -0.05) is 0 Å². The molecule has 4 nitrogen and oxygen atoms in total. The Kier molecular flexibility index (Phi) is 3.11. The van der Waals surface area contributed by atoms with E-state index in [0.717, 1.165) is 17.9 Å². The van der Waals surface area contributed by atoms with Crippen LogP contribution in [0.1, 0.15) is 16.9 Å². The van der Waals surface area contributed by atoms with Crippen LogP contribution in [-0.2, 0) is 0 Å². The number of hydrogen-bond donors (Lipinski definition) is 2. The van der Waals surface area contributed by atoms with E-state index in [2.05, 4.69) is 10.3 Å². The highest BCUT2D eigenvalue weighted by atomic mass is 32.2. The fourth-order valence-electron chi connectivity index (χ4n) is 1.48. The molecule has 15 heavy (non-hydrogen) atoms. The smallest absolute Gasteiger partial charge is 0.270 e. The van der Waals surface area contributed by atoms with E-state index in [1.165, 1.54) is 0 Å². The number of thioether (sulfide) groups is 1. The molecule has 0 aliphatic carbocycles. The van der Waals surface area contributed by atoms with Crippen LogP contribution in [0.25, 0.3) is 0 Å². The number of amides is 1. The quantitative estimate of drug-likeness (QED) is 0.781. The number of aromatic nitrogens is 1. The van der Waals surface area contributed by atoms with Crippen LogP contribution in [-0.4, -0.2) is 28.4 Å². The fourth-order valence-corrected chi connectivity index (χ4v) is 2.63. The van der Waals surface area contributed by atoms with Gasteiger partial charge in [-0.05, 0) is 24.3 Å². The lowest BCUT2D eigenvalue weighted by Crippen LogP contribution is -2.35. The van der Waals surface area contributed by atoms with E-state index in [4.69, 9.17) is 5.73 Å². The van der Waals surface area contributed by atoms with Gasteiger partial charge in [0.2, 0.25) is 0 Å². The minimum Gasteiger partial charge on any atom is -0.399 e. The Balaban J connectivity index is 2.01. The first-order valence-corrected chi connectivity index (χ1v) is 6.01. The van der Waals surface area contributed by atoms with Crippen molar-refractivity contribution in [2.75, 3.05) is 17.2 Å². The van der Waals surface area contributed by atoms with Crippen LogP contribution in [0.2, 0.25) is 0 Å². The van der Waals surface area contributed by atoms with Crippen LogP contribution in [0, 0.1) is 0 Å². The Labute approximate surface area is 92.6 Å². The molecule has 1 aromatic heterocycles. The molecule has 0 spiro atoms. The normalized spacial score (nSPS) is 20.1. The summed E-state index contributed by atoms with van der Waals surface area (Å²) < 4.78 is 0. The summed E-state index contributed by atoms with van der Waals surface area (Å²) in [6.45, 7) is 0. The third kappa shape index (κ3) is 2.62. The number of nitrogens with two attached hydrogens (primary N) is 1. The van der Waals surface area contributed by atoms with Crippen LogP contribution in [0.15, 0.2) is 18.3 Å². The van der Waals surface area contributed by atoms with Crippen molar-refractivity contribution < 1.29 is 4.79 Å². The highest BCUT2D eigenvalue weighted by Crippen LogP contribution is 2.17. The maximum Gasteiger partial charge on any atom is 0.270 e. The van der Waals surface area contributed by atoms with E-state index >= 15 is 0 Å². The molecule has 1 unspecified atom stereocenters. The summed E-state index contributed by atoms with van der Waals surface area (Å²) in [6.07, 6.45) is 2.59. The van der Waals surface area contributed by atoms with Gasteiger partial charge in [-0.2, -0.15) is 11.8 Å². The number of carbonyl (C=O) groups is 1. The molecular formula is C10H13N3OS. The molecule has 1 aliphatic heterocycles. The lowest BCUT2D eigenvalue weighted by molar-refractivity contribution is 0.0936. The lowest BCUT2D eigenvalue weighted by atomic mass is 10.2. The summed E-state index contributed by atoms with van der Waals surface area (Å²) in [6, 6.07) is 3.55. The van der Waals surface area contributed by atoms with Crippen molar-refractivity contribution in [3.05, 3.63) is 24.0 Å². The van der Waals surface area contributed by atoms with E-state index in [9.17, 15) is 4.79 Å². The van der Waals surface area contributed by atoms with Crippen molar-refractivity contribution in [1.29, 1.82) is 0 Å². The molecule has 1 amide bonds. The summed E-state index contributed by atoms with van der Waals surface area (Å²) in [7, 11) is 0. The van der Waals surface area contributed by atoms with Gasteiger partial charge in [0.1, 0.15) is 5.69 Å². The van der Waals surface area contributed by atoms with Gasteiger partial charge < -0.3 is 11.1 Å². The number of nitrogen functional groups attached to an aromatic ring is 1. The number of nitrogens with zero attached hydrogens (tertiary/aromatic N) is 1. The van der Waals surface area contributed by atoms with Crippen molar-refractivity contribution in [2.24, 2.45) is 0 Å². The SMILES string of the molecule is Nc1ccnc(C(=O)NC2CCSC2)c1. The van der Waals surface area contributed by atoms with Gasteiger partial charge in [0.15, 0.2) is 0 Å². The first-order valence-electron chi connectivity index (χ1n) is 4.86. The maximum absolute atomic E-state index is 11.7. The summed E-state index contributed by atoms with van der Waals surface area (Å²) in [5.41, 5.74) is 6.54. The minimum atomic E-state index is -0.130. The zero-order valence-corrected chi connectivity index (χ0v) is 9.09. The molecule has 0 aromatic carbocycles. The highest BCUT2D eigenvalue weighted by molar-refractivity contribution is 7.99. The monoisotopic (exact) mass is 223 g/mol. The molecule has 1 aromatic rings. The average molecular weight is 223 g/mol. The third-order valence-corrected chi connectivity index (χ3v) is 3.44. The molecule has 0 radical (unpaired) electrons. The van der Waals surface area contributed by atoms with E-state index in [1.807, 2.05) is 11.8 Å². The van der Waals surface area contributed by atoms with E-state index in [1.54, 1.807) is 18.3 Å². The molecule has 1 atom stereocenters. The maximum atomic E-state index is 11.7. The zero-order chi connectivity index (χ0) is 10.7. The van der Waals surface area contributed by atoms with E-state index < -0.39 is 0 Å². The number of nitrogens with one attached hydrogen (secondary N) is 1. The number of rotatable bonds is 2. The predicted molar refractivity (Wildman–Crippen MR) is 61.8 cm³/mol. The van der Waals surface area contributed by atoms with Crippen molar-refractivity contribution >= 4 is 23.4 Å². The molecule has 0 saturated carbocycles. The van der Waals surface area contributed by atoms with Gasteiger partial charge in [0, 0.05) is 23.7 Å². The molecule has 1 aliphatic rings. The molecular weight excluding hydrogens is 210 g/mol. The predicted octanol–water partition coefficient (Wildman–Crippen LogP) is 0.899. The van der Waals surface area contributed by atoms with Gasteiger partial charge in [-0.3, -0.25) is 9.78 Å². The molecule has 0 bridgehead atoms. The van der Waals surface area contributed by atoms with Crippen molar-refractivity contribution in [2.45, 2.75) is 12.5 Å². The summed E-state index contributed by atoms with van der Waals surface area (Å²) in [5, 5.41) is 2.94. The lowest BCUT2D eigenvalue weighted by Gasteiger charge is -2.10. The number of carbonyl (C=O) groups excluding carboxylic acids is 1. The molecule has 2 heterocycles. The van der Waals surface area contributed by atoms with Gasteiger partial charge in [-0.15, -0.1) is 0 Å². The van der Waals surface area contributed by atoms with Gasteiger partial charge in [-0.25, -0.2) is 0 Å². The second kappa shape index (κ2) is 4.53. The fraction of sp³-hybridized carbons (Fsp3) is 0.400. The van der Waals surface area contributed by atoms with Crippen LogP contribution >= 0.6 is 11.8 Å². The Morgan fingerprint density at radius 2 is 2.53 bits per heavy atom. The van der Waals surface area contributed by atoms with Crippen LogP contribution in [0.3, 0.4) is 0 Å². The molecule has 80 valence electrons.